The van der Waals surface area contributed by atoms with Crippen molar-refractivity contribution in [3.8, 4) is 5.75 Å². The minimum atomic E-state index is -0.683. The van der Waals surface area contributed by atoms with E-state index in [-0.39, 0.29) is 35.5 Å². The largest absolute Gasteiger partial charge is 0.486 e. The van der Waals surface area contributed by atoms with Crippen LogP contribution in [-0.2, 0) is 6.42 Å². The second-order valence-corrected chi connectivity index (χ2v) is 6.52. The molecule has 0 unspecified atom stereocenters. The number of ketones is 1. The van der Waals surface area contributed by atoms with Gasteiger partial charge >= 0.3 is 0 Å². The second kappa shape index (κ2) is 9.69. The van der Waals surface area contributed by atoms with Crippen molar-refractivity contribution in [1.82, 2.24) is 0 Å². The highest BCUT2D eigenvalue weighted by atomic mass is 19.1. The van der Waals surface area contributed by atoms with Gasteiger partial charge in [-0.15, -0.1) is 0 Å². The molecule has 0 saturated heterocycles. The van der Waals surface area contributed by atoms with Gasteiger partial charge in [0.1, 0.15) is 17.8 Å². The van der Waals surface area contributed by atoms with Crippen molar-refractivity contribution in [1.29, 1.82) is 0 Å². The summed E-state index contributed by atoms with van der Waals surface area (Å²) in [7, 11) is 0. The molecule has 0 bridgehead atoms. The van der Waals surface area contributed by atoms with Gasteiger partial charge in [-0.25, -0.2) is 4.39 Å². The van der Waals surface area contributed by atoms with Gasteiger partial charge in [0.15, 0.2) is 11.5 Å². The third kappa shape index (κ3) is 5.02. The topological polar surface area (TPSA) is 102 Å². The molecular formula is C22H20FNO6. The van der Waals surface area contributed by atoms with Crippen molar-refractivity contribution in [2.45, 2.75) is 26.2 Å². The smallest absolute Gasteiger partial charge is 0.267 e. The van der Waals surface area contributed by atoms with Gasteiger partial charge in [0.05, 0.1) is 6.61 Å². The Balaban J connectivity index is 1.90. The van der Waals surface area contributed by atoms with Crippen LogP contribution in [0.3, 0.4) is 0 Å². The summed E-state index contributed by atoms with van der Waals surface area (Å²) >= 11 is 0. The second-order valence-electron chi connectivity index (χ2n) is 6.52. The van der Waals surface area contributed by atoms with Crippen LogP contribution in [0.1, 0.15) is 53.2 Å². The van der Waals surface area contributed by atoms with Crippen molar-refractivity contribution < 1.29 is 28.0 Å². The Morgan fingerprint density at radius 3 is 2.67 bits per heavy atom. The van der Waals surface area contributed by atoms with E-state index in [1.807, 2.05) is 6.92 Å². The summed E-state index contributed by atoms with van der Waals surface area (Å²) in [4.78, 5) is 25.4. The van der Waals surface area contributed by atoms with Gasteiger partial charge in [0, 0.05) is 12.5 Å². The Bertz CT molecular complexity index is 1100. The molecule has 1 N–H and O–H groups in total. The molecule has 0 atom stereocenters. The van der Waals surface area contributed by atoms with Crippen LogP contribution in [0.5, 0.6) is 5.75 Å². The Morgan fingerprint density at radius 2 is 1.97 bits per heavy atom. The standard InChI is InChI=1S/C22H20FNO6/c1-2-3-10-28-21-18(25)12-17(13-24-27)30-22(21)20(26)19-9-8-16(29-19)11-14-4-6-15(23)7-5-14/h4-9,12-13,27H,2-3,10-11H2,1H3/b24-13+. The van der Waals surface area contributed by atoms with Crippen LogP contribution in [0.15, 0.2) is 61.2 Å². The summed E-state index contributed by atoms with van der Waals surface area (Å²) in [5.74, 6) is -1.26. The Morgan fingerprint density at radius 1 is 1.20 bits per heavy atom. The van der Waals surface area contributed by atoms with Crippen molar-refractivity contribution in [2.24, 2.45) is 5.16 Å². The Labute approximate surface area is 171 Å². The number of rotatable bonds is 9. The van der Waals surface area contributed by atoms with Crippen molar-refractivity contribution in [2.75, 3.05) is 6.61 Å². The van der Waals surface area contributed by atoms with E-state index in [9.17, 15) is 14.0 Å². The molecule has 0 aliphatic carbocycles. The first-order chi connectivity index (χ1) is 14.5. The van der Waals surface area contributed by atoms with Crippen molar-refractivity contribution in [3.63, 3.8) is 0 Å². The number of oxime groups is 1. The summed E-state index contributed by atoms with van der Waals surface area (Å²) in [5, 5.41) is 11.5. The fraction of sp³-hybridized carbons (Fsp3) is 0.227. The average Bonchev–Trinajstić information content (AvgIpc) is 3.19. The summed E-state index contributed by atoms with van der Waals surface area (Å²) in [6.45, 7) is 2.20. The van der Waals surface area contributed by atoms with Gasteiger partial charge < -0.3 is 18.8 Å². The quantitative estimate of drug-likeness (QED) is 0.186. The van der Waals surface area contributed by atoms with Gasteiger partial charge in [0.25, 0.3) is 5.78 Å². The number of carbonyl (C=O) groups is 1. The van der Waals surface area contributed by atoms with E-state index in [0.717, 1.165) is 24.3 Å². The molecule has 0 fully saturated rings. The zero-order valence-electron chi connectivity index (χ0n) is 16.3. The number of benzene rings is 1. The number of ether oxygens (including phenoxy) is 1. The summed E-state index contributed by atoms with van der Waals surface area (Å²) in [5.41, 5.74) is 0.231. The average molecular weight is 413 g/mol. The molecule has 0 aliphatic heterocycles. The van der Waals surface area contributed by atoms with Crippen LogP contribution >= 0.6 is 0 Å². The molecule has 156 valence electrons. The third-order valence-corrected chi connectivity index (χ3v) is 4.24. The summed E-state index contributed by atoms with van der Waals surface area (Å²) in [6, 6.07) is 10.1. The Hall–Kier alpha value is -3.68. The third-order valence-electron chi connectivity index (χ3n) is 4.24. The first-order valence-corrected chi connectivity index (χ1v) is 9.38. The molecule has 7 nitrogen and oxygen atoms in total. The number of nitrogens with zero attached hydrogens (tertiary/aromatic N) is 1. The van der Waals surface area contributed by atoms with Crippen molar-refractivity contribution in [3.05, 3.63) is 87.1 Å². The Kier molecular flexibility index (Phi) is 6.79. The fourth-order valence-corrected chi connectivity index (χ4v) is 2.74. The van der Waals surface area contributed by atoms with Crippen LogP contribution in [0.4, 0.5) is 4.39 Å². The highest BCUT2D eigenvalue weighted by molar-refractivity contribution is 6.07. The van der Waals surface area contributed by atoms with Crippen LogP contribution in [0.2, 0.25) is 0 Å². The molecule has 3 aromatic rings. The molecule has 8 heteroatoms. The minimum absolute atomic E-state index is 0.0475. The first kappa shape index (κ1) is 21.0. The normalized spacial score (nSPS) is 11.1. The molecule has 2 heterocycles. The number of hydrogen-bond donors (Lipinski definition) is 1. The van der Waals surface area contributed by atoms with E-state index >= 15 is 0 Å². The zero-order valence-corrected chi connectivity index (χ0v) is 16.3. The lowest BCUT2D eigenvalue weighted by Gasteiger charge is -2.08. The number of furan rings is 1. The van der Waals surface area contributed by atoms with E-state index in [1.54, 1.807) is 18.2 Å². The highest BCUT2D eigenvalue weighted by Crippen LogP contribution is 2.22. The predicted octanol–water partition coefficient (Wildman–Crippen LogP) is 4.18. The fourth-order valence-electron chi connectivity index (χ4n) is 2.74. The highest BCUT2D eigenvalue weighted by Gasteiger charge is 2.25. The lowest BCUT2D eigenvalue weighted by molar-refractivity contribution is 0.0971. The number of unbranched alkanes of at least 4 members (excludes halogenated alkanes) is 1. The molecule has 0 saturated carbocycles. The van der Waals surface area contributed by atoms with Crippen LogP contribution < -0.4 is 10.2 Å². The first-order valence-electron chi connectivity index (χ1n) is 9.38. The van der Waals surface area contributed by atoms with Crippen LogP contribution in [-0.4, -0.2) is 23.8 Å². The van der Waals surface area contributed by atoms with E-state index < -0.39 is 11.2 Å². The SMILES string of the molecule is CCCCOc1c(C(=O)c2ccc(Cc3ccc(F)cc3)o2)oc(/C=N/O)cc1=O. The van der Waals surface area contributed by atoms with E-state index in [1.165, 1.54) is 18.2 Å². The maximum Gasteiger partial charge on any atom is 0.267 e. The van der Waals surface area contributed by atoms with Gasteiger partial charge in [-0.2, -0.15) is 0 Å². The lowest BCUT2D eigenvalue weighted by atomic mass is 10.1. The van der Waals surface area contributed by atoms with Crippen molar-refractivity contribution >= 4 is 12.0 Å². The zero-order chi connectivity index (χ0) is 21.5. The molecule has 0 amide bonds. The van der Waals surface area contributed by atoms with Gasteiger partial charge in [-0.05, 0) is 36.2 Å². The maximum absolute atomic E-state index is 13.1. The van der Waals surface area contributed by atoms with E-state index in [0.29, 0.717) is 18.6 Å². The van der Waals surface area contributed by atoms with Gasteiger partial charge in [-0.3, -0.25) is 9.59 Å². The molecule has 30 heavy (non-hydrogen) atoms. The van der Waals surface area contributed by atoms with Gasteiger partial charge in [0.2, 0.25) is 16.9 Å². The number of hydrogen-bond acceptors (Lipinski definition) is 7. The molecule has 0 radical (unpaired) electrons. The molecule has 2 aromatic heterocycles. The molecule has 0 spiro atoms. The van der Waals surface area contributed by atoms with Crippen LogP contribution in [0, 0.1) is 5.82 Å². The predicted molar refractivity (Wildman–Crippen MR) is 106 cm³/mol. The molecule has 1 aromatic carbocycles. The van der Waals surface area contributed by atoms with E-state index in [4.69, 9.17) is 18.8 Å². The van der Waals surface area contributed by atoms with Crippen LogP contribution in [0.25, 0.3) is 0 Å². The molecule has 3 rings (SSSR count). The van der Waals surface area contributed by atoms with Gasteiger partial charge in [-0.1, -0.05) is 30.6 Å². The maximum atomic E-state index is 13.1. The summed E-state index contributed by atoms with van der Waals surface area (Å²) in [6.07, 6.45) is 2.79. The molecule has 0 aliphatic rings. The number of halogens is 1. The monoisotopic (exact) mass is 413 g/mol. The lowest BCUT2D eigenvalue weighted by Crippen LogP contribution is -2.15. The minimum Gasteiger partial charge on any atom is -0.486 e. The number of carbonyl (C=O) groups excluding carboxylic acids is 1. The van der Waals surface area contributed by atoms with E-state index in [2.05, 4.69) is 5.16 Å². The molecular weight excluding hydrogens is 393 g/mol. The summed E-state index contributed by atoms with van der Waals surface area (Å²) < 4.78 is 29.6.